The molecule has 0 unspecified atom stereocenters. The molecule has 0 spiro atoms. The summed E-state index contributed by atoms with van der Waals surface area (Å²) in [4.78, 5) is 26.3. The summed E-state index contributed by atoms with van der Waals surface area (Å²) in [5.41, 5.74) is 6.75. The molecule has 0 saturated heterocycles. The number of nitrogen functional groups attached to an aromatic ring is 1. The van der Waals surface area contributed by atoms with Crippen molar-refractivity contribution < 1.29 is 19.0 Å². The van der Waals surface area contributed by atoms with Crippen LogP contribution < -0.4 is 5.73 Å². The molecular weight excluding hydrogens is 408 g/mol. The van der Waals surface area contributed by atoms with Crippen LogP contribution in [0.15, 0.2) is 51.5 Å². The van der Waals surface area contributed by atoms with Crippen molar-refractivity contribution in [3.8, 4) is 11.4 Å². The van der Waals surface area contributed by atoms with Crippen molar-refractivity contribution >= 4 is 33.3 Å². The number of halogens is 1. The molecular formula is C16H11BrN4O5. The Bertz CT molecular complexity index is 971. The van der Waals surface area contributed by atoms with Gasteiger partial charge in [-0.05, 0) is 30.3 Å². The number of nitrogens with two attached hydrogens (primary N) is 1. The Balaban J connectivity index is 1.68. The van der Waals surface area contributed by atoms with Gasteiger partial charge < -0.3 is 15.0 Å². The highest BCUT2D eigenvalue weighted by Gasteiger charge is 2.15. The predicted molar refractivity (Wildman–Crippen MR) is 94.1 cm³/mol. The monoisotopic (exact) mass is 418 g/mol. The number of nitro benzene ring substituents is 1. The summed E-state index contributed by atoms with van der Waals surface area (Å²) in [5, 5.41) is 14.4. The molecule has 26 heavy (non-hydrogen) atoms. The van der Waals surface area contributed by atoms with Gasteiger partial charge in [-0.3, -0.25) is 10.1 Å². The van der Waals surface area contributed by atoms with E-state index < -0.39 is 10.9 Å². The van der Waals surface area contributed by atoms with E-state index in [1.165, 1.54) is 24.3 Å². The minimum Gasteiger partial charge on any atom is -0.452 e. The highest BCUT2D eigenvalue weighted by atomic mass is 79.9. The van der Waals surface area contributed by atoms with Gasteiger partial charge in [0.25, 0.3) is 11.6 Å². The van der Waals surface area contributed by atoms with E-state index in [0.717, 1.165) is 0 Å². The highest BCUT2D eigenvalue weighted by molar-refractivity contribution is 9.10. The predicted octanol–water partition coefficient (Wildman–Crippen LogP) is 3.35. The lowest BCUT2D eigenvalue weighted by Crippen LogP contribution is -2.08. The molecule has 1 heterocycles. The molecule has 10 heteroatoms. The summed E-state index contributed by atoms with van der Waals surface area (Å²) in [6.07, 6.45) is 0. The maximum atomic E-state index is 12.1. The molecule has 0 radical (unpaired) electrons. The lowest BCUT2D eigenvalue weighted by atomic mass is 10.2. The molecule has 1 aromatic heterocycles. The van der Waals surface area contributed by atoms with E-state index >= 15 is 0 Å². The van der Waals surface area contributed by atoms with Gasteiger partial charge in [-0.15, -0.1) is 0 Å². The summed E-state index contributed by atoms with van der Waals surface area (Å²) in [7, 11) is 0. The summed E-state index contributed by atoms with van der Waals surface area (Å²) in [6.45, 7) is -0.231. The van der Waals surface area contributed by atoms with Crippen LogP contribution in [-0.2, 0) is 11.3 Å². The van der Waals surface area contributed by atoms with Gasteiger partial charge in [0.2, 0.25) is 5.82 Å². The van der Waals surface area contributed by atoms with Crippen molar-refractivity contribution in [3.05, 3.63) is 68.5 Å². The Hall–Kier alpha value is -3.27. The normalized spacial score (nSPS) is 10.5. The van der Waals surface area contributed by atoms with Crippen molar-refractivity contribution in [1.29, 1.82) is 0 Å². The van der Waals surface area contributed by atoms with Gasteiger partial charge in [-0.1, -0.05) is 21.1 Å². The van der Waals surface area contributed by atoms with Gasteiger partial charge in [0.05, 0.1) is 10.5 Å². The van der Waals surface area contributed by atoms with Gasteiger partial charge in [-0.2, -0.15) is 4.98 Å². The third-order valence-corrected chi connectivity index (χ3v) is 3.86. The topological polar surface area (TPSA) is 134 Å². The Morgan fingerprint density at radius 3 is 2.69 bits per heavy atom. The van der Waals surface area contributed by atoms with Crippen LogP contribution in [0.5, 0.6) is 0 Å². The Kier molecular flexibility index (Phi) is 4.94. The quantitative estimate of drug-likeness (QED) is 0.288. The van der Waals surface area contributed by atoms with Crippen LogP contribution in [0.4, 0.5) is 11.4 Å². The zero-order chi connectivity index (χ0) is 18.7. The number of hydrogen-bond acceptors (Lipinski definition) is 8. The molecule has 0 aliphatic rings. The van der Waals surface area contributed by atoms with Gasteiger partial charge in [0.15, 0.2) is 6.61 Å². The lowest BCUT2D eigenvalue weighted by Gasteiger charge is -2.05. The number of esters is 1. The summed E-state index contributed by atoms with van der Waals surface area (Å²) in [5.74, 6) is -0.313. The smallest absolute Gasteiger partial charge is 0.340 e. The number of anilines is 1. The SMILES string of the molecule is Nc1ccc(Br)cc1C(=O)OCc1nc(-c2ccc([N+](=O)[O-])cc2)no1. The van der Waals surface area contributed by atoms with Crippen molar-refractivity contribution in [2.45, 2.75) is 6.61 Å². The molecule has 3 rings (SSSR count). The van der Waals surface area contributed by atoms with Gasteiger partial charge >= 0.3 is 5.97 Å². The number of ether oxygens (including phenoxy) is 1. The van der Waals surface area contributed by atoms with Crippen molar-refractivity contribution in [1.82, 2.24) is 10.1 Å². The zero-order valence-electron chi connectivity index (χ0n) is 13.1. The molecule has 0 fully saturated rings. The maximum Gasteiger partial charge on any atom is 0.340 e. The third kappa shape index (κ3) is 3.86. The van der Waals surface area contributed by atoms with E-state index in [9.17, 15) is 14.9 Å². The number of non-ortho nitro benzene ring substituents is 1. The average molecular weight is 419 g/mol. The first-order chi connectivity index (χ1) is 12.4. The van der Waals surface area contributed by atoms with Crippen LogP contribution in [0.2, 0.25) is 0 Å². The molecule has 132 valence electrons. The van der Waals surface area contributed by atoms with Crippen LogP contribution in [0.25, 0.3) is 11.4 Å². The van der Waals surface area contributed by atoms with Crippen LogP contribution in [-0.4, -0.2) is 21.0 Å². The molecule has 2 N–H and O–H groups in total. The van der Waals surface area contributed by atoms with E-state index in [-0.39, 0.29) is 35.3 Å². The van der Waals surface area contributed by atoms with Crippen LogP contribution >= 0.6 is 15.9 Å². The standard InChI is InChI=1S/C16H11BrN4O5/c17-10-3-6-13(18)12(7-10)16(22)25-8-14-19-15(20-26-14)9-1-4-11(5-2-9)21(23)24/h1-7H,8,18H2. The van der Waals surface area contributed by atoms with Gasteiger partial charge in [0.1, 0.15) is 0 Å². The number of carbonyl (C=O) groups is 1. The minimum absolute atomic E-state index is 0.0435. The van der Waals surface area contributed by atoms with E-state index in [0.29, 0.717) is 10.0 Å². The molecule has 0 bridgehead atoms. The summed E-state index contributed by atoms with van der Waals surface area (Å²) < 4.78 is 10.8. The zero-order valence-corrected chi connectivity index (χ0v) is 14.7. The van der Waals surface area contributed by atoms with Crippen molar-refractivity contribution in [2.75, 3.05) is 5.73 Å². The highest BCUT2D eigenvalue weighted by Crippen LogP contribution is 2.21. The molecule has 2 aromatic carbocycles. The first-order valence-electron chi connectivity index (χ1n) is 7.23. The fraction of sp³-hybridized carbons (Fsp3) is 0.0625. The Labute approximate surface area is 155 Å². The fourth-order valence-corrected chi connectivity index (χ4v) is 2.43. The lowest BCUT2D eigenvalue weighted by molar-refractivity contribution is -0.384. The number of aromatic nitrogens is 2. The van der Waals surface area contributed by atoms with E-state index in [2.05, 4.69) is 26.1 Å². The van der Waals surface area contributed by atoms with Gasteiger partial charge in [-0.25, -0.2) is 4.79 Å². The number of carbonyl (C=O) groups excluding carboxylic acids is 1. The molecule has 0 aliphatic heterocycles. The van der Waals surface area contributed by atoms with Crippen molar-refractivity contribution in [3.63, 3.8) is 0 Å². The van der Waals surface area contributed by atoms with Crippen molar-refractivity contribution in [2.24, 2.45) is 0 Å². The Morgan fingerprint density at radius 1 is 1.27 bits per heavy atom. The fourth-order valence-electron chi connectivity index (χ4n) is 2.07. The van der Waals surface area contributed by atoms with Crippen LogP contribution in [0, 0.1) is 10.1 Å². The molecule has 0 amide bonds. The van der Waals surface area contributed by atoms with E-state index in [1.807, 2.05) is 0 Å². The van der Waals surface area contributed by atoms with Crippen LogP contribution in [0.1, 0.15) is 16.2 Å². The summed E-state index contributed by atoms with van der Waals surface area (Å²) in [6, 6.07) is 10.5. The maximum absolute atomic E-state index is 12.1. The molecule has 0 atom stereocenters. The number of nitro groups is 1. The first kappa shape index (κ1) is 17.5. The number of benzene rings is 2. The summed E-state index contributed by atoms with van der Waals surface area (Å²) >= 11 is 3.26. The number of nitrogens with zero attached hydrogens (tertiary/aromatic N) is 3. The second kappa shape index (κ2) is 7.31. The average Bonchev–Trinajstić information content (AvgIpc) is 3.11. The Morgan fingerprint density at radius 2 is 2.00 bits per heavy atom. The minimum atomic E-state index is -0.626. The van der Waals surface area contributed by atoms with E-state index in [4.69, 9.17) is 15.0 Å². The first-order valence-corrected chi connectivity index (χ1v) is 8.03. The largest absolute Gasteiger partial charge is 0.452 e. The molecule has 3 aromatic rings. The third-order valence-electron chi connectivity index (χ3n) is 3.37. The molecule has 0 aliphatic carbocycles. The molecule has 0 saturated carbocycles. The second-order valence-corrected chi connectivity index (χ2v) is 6.04. The van der Waals surface area contributed by atoms with E-state index in [1.54, 1.807) is 18.2 Å². The van der Waals surface area contributed by atoms with Gasteiger partial charge in [0, 0.05) is 27.9 Å². The second-order valence-electron chi connectivity index (χ2n) is 5.12. The number of hydrogen-bond donors (Lipinski definition) is 1. The number of rotatable bonds is 5. The molecule has 9 nitrogen and oxygen atoms in total. The van der Waals surface area contributed by atoms with Crippen LogP contribution in [0.3, 0.4) is 0 Å².